The summed E-state index contributed by atoms with van der Waals surface area (Å²) >= 11 is 0. The van der Waals surface area contributed by atoms with Gasteiger partial charge in [-0.3, -0.25) is 9.59 Å². The largest absolute Gasteiger partial charge is 0.496 e. The number of amides is 2. The molecule has 1 aromatic carbocycles. The van der Waals surface area contributed by atoms with Gasteiger partial charge in [-0.15, -0.1) is 0 Å². The summed E-state index contributed by atoms with van der Waals surface area (Å²) in [5.41, 5.74) is 2.14. The molecule has 2 aromatic rings. The smallest absolute Gasteiger partial charge is 0.287 e. The number of hydrogen-bond donors (Lipinski definition) is 2. The Hall–Kier alpha value is -2.83. The van der Waals surface area contributed by atoms with Gasteiger partial charge >= 0.3 is 0 Å². The van der Waals surface area contributed by atoms with Crippen LogP contribution in [0.2, 0.25) is 0 Å². The number of nitrogens with one attached hydrogen (secondary N) is 2. The first kappa shape index (κ1) is 20.9. The van der Waals surface area contributed by atoms with Crippen LogP contribution in [0.5, 0.6) is 5.75 Å². The molecule has 0 unspecified atom stereocenters. The Kier molecular flexibility index (Phi) is 6.90. The minimum Gasteiger partial charge on any atom is -0.496 e. The Morgan fingerprint density at radius 3 is 2.72 bits per heavy atom. The predicted molar refractivity (Wildman–Crippen MR) is 111 cm³/mol. The van der Waals surface area contributed by atoms with E-state index in [1.807, 2.05) is 28.8 Å². The molecular formula is C22H30N4O3. The number of fused-ring (bicyclic) bond motifs is 1. The highest BCUT2D eigenvalue weighted by Gasteiger charge is 2.27. The first-order valence-corrected chi connectivity index (χ1v) is 10.3. The third-order valence-electron chi connectivity index (χ3n) is 5.18. The van der Waals surface area contributed by atoms with E-state index in [-0.39, 0.29) is 11.8 Å². The van der Waals surface area contributed by atoms with Gasteiger partial charge in [0.15, 0.2) is 5.82 Å². The van der Waals surface area contributed by atoms with Gasteiger partial charge in [-0.05, 0) is 37.7 Å². The number of ether oxygens (including phenoxy) is 1. The Bertz CT molecular complexity index is 873. The number of carbonyl (C=O) groups excluding carboxylic acids is 2. The van der Waals surface area contributed by atoms with Crippen LogP contribution < -0.4 is 15.4 Å². The van der Waals surface area contributed by atoms with E-state index in [1.165, 1.54) is 0 Å². The summed E-state index contributed by atoms with van der Waals surface area (Å²) in [4.78, 5) is 30.0. The van der Waals surface area contributed by atoms with E-state index in [9.17, 15) is 9.59 Å². The molecule has 0 aliphatic carbocycles. The van der Waals surface area contributed by atoms with Crippen LogP contribution in [0, 0.1) is 5.92 Å². The molecule has 2 heterocycles. The molecule has 1 aliphatic rings. The number of aromatic nitrogens is 2. The normalized spacial score (nSPS) is 13.1. The molecule has 1 aliphatic heterocycles. The molecule has 2 amide bonds. The molecule has 0 saturated carbocycles. The Morgan fingerprint density at radius 1 is 1.17 bits per heavy atom. The number of rotatable bonds is 8. The molecule has 7 heteroatoms. The highest BCUT2D eigenvalue weighted by atomic mass is 16.5. The average Bonchev–Trinajstić information content (AvgIpc) is 3.12. The molecule has 0 atom stereocenters. The van der Waals surface area contributed by atoms with E-state index in [1.54, 1.807) is 7.11 Å². The standard InChI is InChI=1S/C22H30N4O3/c1-15(2)11-12-23-21(27)19-17-9-6-7-13-26(17)20(25-19)22(28)24-14-16-8-4-5-10-18(16)29-3/h4-5,8,10,15H,6-7,9,11-14H2,1-3H3,(H,23,27)(H,24,28). The van der Waals surface area contributed by atoms with Gasteiger partial charge in [0.1, 0.15) is 11.4 Å². The fourth-order valence-corrected chi connectivity index (χ4v) is 3.56. The topological polar surface area (TPSA) is 85.2 Å². The van der Waals surface area contributed by atoms with Crippen LogP contribution in [-0.2, 0) is 19.5 Å². The lowest BCUT2D eigenvalue weighted by Gasteiger charge is -2.17. The van der Waals surface area contributed by atoms with E-state index in [2.05, 4.69) is 29.5 Å². The summed E-state index contributed by atoms with van der Waals surface area (Å²) < 4.78 is 7.24. The first-order valence-electron chi connectivity index (χ1n) is 10.3. The molecule has 156 valence electrons. The maximum Gasteiger partial charge on any atom is 0.287 e. The number of para-hydroxylation sites is 1. The van der Waals surface area contributed by atoms with Crippen LogP contribution in [0.4, 0.5) is 0 Å². The lowest BCUT2D eigenvalue weighted by molar-refractivity contribution is 0.0934. The Morgan fingerprint density at radius 2 is 1.97 bits per heavy atom. The fraction of sp³-hybridized carbons (Fsp3) is 0.500. The molecule has 2 N–H and O–H groups in total. The molecule has 7 nitrogen and oxygen atoms in total. The van der Waals surface area contributed by atoms with Crippen molar-refractivity contribution in [2.45, 2.75) is 52.6 Å². The fourth-order valence-electron chi connectivity index (χ4n) is 3.56. The highest BCUT2D eigenvalue weighted by Crippen LogP contribution is 2.22. The summed E-state index contributed by atoms with van der Waals surface area (Å²) in [6.07, 6.45) is 3.65. The zero-order valence-electron chi connectivity index (χ0n) is 17.5. The monoisotopic (exact) mass is 398 g/mol. The lowest BCUT2D eigenvalue weighted by Crippen LogP contribution is -2.27. The Balaban J connectivity index is 1.75. The Labute approximate surface area is 171 Å². The van der Waals surface area contributed by atoms with E-state index in [0.717, 1.165) is 42.7 Å². The summed E-state index contributed by atoms with van der Waals surface area (Å²) in [6.45, 7) is 5.89. The number of hydrogen-bond acceptors (Lipinski definition) is 4. The third kappa shape index (κ3) is 4.96. The van der Waals surface area contributed by atoms with Gasteiger partial charge in [0.2, 0.25) is 0 Å². The highest BCUT2D eigenvalue weighted by molar-refractivity contribution is 5.97. The predicted octanol–water partition coefficient (Wildman–Crippen LogP) is 2.93. The van der Waals surface area contributed by atoms with E-state index < -0.39 is 0 Å². The molecule has 0 radical (unpaired) electrons. The molecular weight excluding hydrogens is 368 g/mol. The van der Waals surface area contributed by atoms with E-state index in [0.29, 0.717) is 37.1 Å². The van der Waals surface area contributed by atoms with Crippen molar-refractivity contribution in [2.75, 3.05) is 13.7 Å². The number of benzene rings is 1. The van der Waals surface area contributed by atoms with Crippen molar-refractivity contribution in [3.05, 3.63) is 47.0 Å². The van der Waals surface area contributed by atoms with Gasteiger partial charge in [0.05, 0.1) is 12.8 Å². The third-order valence-corrected chi connectivity index (χ3v) is 5.18. The van der Waals surface area contributed by atoms with Gasteiger partial charge in [0, 0.05) is 25.2 Å². The van der Waals surface area contributed by atoms with Gasteiger partial charge in [0.25, 0.3) is 11.8 Å². The van der Waals surface area contributed by atoms with Crippen molar-refractivity contribution in [1.29, 1.82) is 0 Å². The van der Waals surface area contributed by atoms with Crippen molar-refractivity contribution in [2.24, 2.45) is 5.92 Å². The maximum atomic E-state index is 12.9. The minimum absolute atomic E-state index is 0.194. The number of methoxy groups -OCH3 is 1. The molecule has 29 heavy (non-hydrogen) atoms. The zero-order chi connectivity index (χ0) is 20.8. The van der Waals surface area contributed by atoms with Crippen molar-refractivity contribution in [3.63, 3.8) is 0 Å². The molecule has 1 aromatic heterocycles. The quantitative estimate of drug-likeness (QED) is 0.716. The van der Waals surface area contributed by atoms with Gasteiger partial charge in [-0.25, -0.2) is 4.98 Å². The maximum absolute atomic E-state index is 12.9. The van der Waals surface area contributed by atoms with Crippen LogP contribution in [-0.4, -0.2) is 35.0 Å². The van der Waals surface area contributed by atoms with Crippen LogP contribution in [0.1, 0.15) is 65.5 Å². The average molecular weight is 399 g/mol. The number of carbonyl (C=O) groups is 2. The van der Waals surface area contributed by atoms with Gasteiger partial charge < -0.3 is 19.9 Å². The van der Waals surface area contributed by atoms with Crippen molar-refractivity contribution in [3.8, 4) is 5.75 Å². The van der Waals surface area contributed by atoms with Crippen LogP contribution >= 0.6 is 0 Å². The van der Waals surface area contributed by atoms with Crippen LogP contribution in [0.25, 0.3) is 0 Å². The molecule has 0 fully saturated rings. The van der Waals surface area contributed by atoms with Crippen molar-refractivity contribution < 1.29 is 14.3 Å². The second-order valence-electron chi connectivity index (χ2n) is 7.77. The van der Waals surface area contributed by atoms with E-state index >= 15 is 0 Å². The van der Waals surface area contributed by atoms with Crippen LogP contribution in [0.15, 0.2) is 24.3 Å². The van der Waals surface area contributed by atoms with Crippen molar-refractivity contribution in [1.82, 2.24) is 20.2 Å². The summed E-state index contributed by atoms with van der Waals surface area (Å²) in [6, 6.07) is 7.56. The summed E-state index contributed by atoms with van der Waals surface area (Å²) in [5.74, 6) is 1.08. The lowest BCUT2D eigenvalue weighted by atomic mass is 10.1. The molecule has 3 rings (SSSR count). The van der Waals surface area contributed by atoms with Gasteiger partial charge in [-0.2, -0.15) is 0 Å². The second kappa shape index (κ2) is 9.58. The molecule has 0 saturated heterocycles. The second-order valence-corrected chi connectivity index (χ2v) is 7.77. The van der Waals surface area contributed by atoms with Gasteiger partial charge in [-0.1, -0.05) is 32.0 Å². The molecule has 0 bridgehead atoms. The van der Waals surface area contributed by atoms with Crippen molar-refractivity contribution >= 4 is 11.8 Å². The summed E-state index contributed by atoms with van der Waals surface area (Å²) in [7, 11) is 1.61. The SMILES string of the molecule is COc1ccccc1CNC(=O)c1nc(C(=O)NCCC(C)C)c2n1CCCC2. The molecule has 0 spiro atoms. The van der Waals surface area contributed by atoms with Crippen LogP contribution in [0.3, 0.4) is 0 Å². The number of imidazole rings is 1. The zero-order valence-corrected chi connectivity index (χ0v) is 17.5. The minimum atomic E-state index is -0.278. The number of nitrogens with zero attached hydrogens (tertiary/aromatic N) is 2. The van der Waals surface area contributed by atoms with E-state index in [4.69, 9.17) is 4.74 Å². The first-order chi connectivity index (χ1) is 14.0. The summed E-state index contributed by atoms with van der Waals surface area (Å²) in [5, 5.41) is 5.86.